The van der Waals surface area contributed by atoms with Gasteiger partial charge in [0.05, 0.1) is 18.3 Å². The van der Waals surface area contributed by atoms with E-state index in [1.165, 1.54) is 11.1 Å². The summed E-state index contributed by atoms with van der Waals surface area (Å²) in [5, 5.41) is 1.87. The second-order valence-electron chi connectivity index (χ2n) is 8.64. The third-order valence-electron chi connectivity index (χ3n) is 6.08. The van der Waals surface area contributed by atoms with E-state index in [1.54, 1.807) is 0 Å². The van der Waals surface area contributed by atoms with E-state index in [4.69, 9.17) is 11.6 Å². The van der Waals surface area contributed by atoms with Gasteiger partial charge in [0.2, 0.25) is 5.91 Å². The van der Waals surface area contributed by atoms with Gasteiger partial charge >= 0.3 is 0 Å². The number of anilines is 2. The minimum absolute atomic E-state index is 0.0208. The highest BCUT2D eigenvalue weighted by atomic mass is 16.2. The fourth-order valence-corrected chi connectivity index (χ4v) is 4.34. The van der Waals surface area contributed by atoms with E-state index in [9.17, 15) is 4.79 Å². The average molecular weight is 424 g/mol. The smallest absolute Gasteiger partial charge is 0.236 e. The van der Waals surface area contributed by atoms with Gasteiger partial charge in [-0.3, -0.25) is 4.79 Å². The monoisotopic (exact) mass is 423 g/mol. The molecule has 31 heavy (non-hydrogen) atoms. The molecule has 1 atom stereocenters. The van der Waals surface area contributed by atoms with E-state index >= 15 is 0 Å². The zero-order valence-electron chi connectivity index (χ0n) is 19.1. The number of nitrogens with two attached hydrogens (primary N) is 2. The van der Waals surface area contributed by atoms with Crippen LogP contribution in [-0.2, 0) is 17.6 Å². The van der Waals surface area contributed by atoms with Crippen LogP contribution in [0.15, 0.2) is 48.5 Å². The standard InChI is InChI=1S/C25H37N5O/c1-4-8-21-11-12-22(16-24(21)30(27)19(2)3)28-13-14-29(25(31)17-26)23(18-28)15-20-9-6-5-7-10-20/h5-7,9-12,16,19,23H,4,8,13-15,17-18,26-27H2,1-3H3. The molecule has 1 heterocycles. The number of rotatable bonds is 8. The summed E-state index contributed by atoms with van der Waals surface area (Å²) in [5.74, 6) is 6.45. The van der Waals surface area contributed by atoms with E-state index in [0.717, 1.165) is 43.7 Å². The topological polar surface area (TPSA) is 78.8 Å². The fraction of sp³-hybridized carbons (Fsp3) is 0.480. The van der Waals surface area contributed by atoms with Crippen molar-refractivity contribution >= 4 is 17.3 Å². The Bertz CT molecular complexity index is 854. The summed E-state index contributed by atoms with van der Waals surface area (Å²) < 4.78 is 0. The van der Waals surface area contributed by atoms with Crippen molar-refractivity contribution in [2.24, 2.45) is 11.6 Å². The van der Waals surface area contributed by atoms with E-state index in [1.807, 2.05) is 28.1 Å². The Morgan fingerprint density at radius 2 is 1.90 bits per heavy atom. The van der Waals surface area contributed by atoms with Crippen molar-refractivity contribution in [3.8, 4) is 0 Å². The minimum atomic E-state index is 0.0208. The Labute approximate surface area is 186 Å². The highest BCUT2D eigenvalue weighted by Gasteiger charge is 2.30. The molecule has 4 N–H and O–H groups in total. The summed E-state index contributed by atoms with van der Waals surface area (Å²) in [5.41, 5.74) is 10.5. The maximum atomic E-state index is 12.5. The Balaban J connectivity index is 1.87. The van der Waals surface area contributed by atoms with Gasteiger partial charge in [-0.25, -0.2) is 5.84 Å². The van der Waals surface area contributed by atoms with E-state index in [-0.39, 0.29) is 24.5 Å². The third-order valence-corrected chi connectivity index (χ3v) is 6.08. The maximum absolute atomic E-state index is 12.5. The molecule has 6 heteroatoms. The lowest BCUT2D eigenvalue weighted by Crippen LogP contribution is -2.57. The van der Waals surface area contributed by atoms with Crippen molar-refractivity contribution in [1.82, 2.24) is 4.90 Å². The Kier molecular flexibility index (Phi) is 7.93. The number of hydrogen-bond donors (Lipinski definition) is 2. The number of nitrogens with zero attached hydrogens (tertiary/aromatic N) is 3. The molecule has 0 bridgehead atoms. The lowest BCUT2D eigenvalue weighted by atomic mass is 10.0. The molecule has 1 saturated heterocycles. The number of carbonyl (C=O) groups is 1. The van der Waals surface area contributed by atoms with Crippen LogP contribution in [-0.4, -0.2) is 49.1 Å². The first-order valence-electron chi connectivity index (χ1n) is 11.4. The number of piperazine rings is 1. The normalized spacial score (nSPS) is 16.6. The summed E-state index contributed by atoms with van der Waals surface area (Å²) >= 11 is 0. The van der Waals surface area contributed by atoms with Gasteiger partial charge in [0.15, 0.2) is 0 Å². The predicted octanol–water partition coefficient (Wildman–Crippen LogP) is 2.95. The summed E-state index contributed by atoms with van der Waals surface area (Å²) in [4.78, 5) is 16.8. The second-order valence-corrected chi connectivity index (χ2v) is 8.64. The average Bonchev–Trinajstić information content (AvgIpc) is 2.79. The zero-order chi connectivity index (χ0) is 22.4. The van der Waals surface area contributed by atoms with Gasteiger partial charge in [-0.15, -0.1) is 0 Å². The number of carbonyl (C=O) groups excluding carboxylic acids is 1. The third kappa shape index (κ3) is 5.57. The SMILES string of the molecule is CCCc1ccc(N2CCN(C(=O)CN)C(Cc3ccccc3)C2)cc1N(N)C(C)C. The van der Waals surface area contributed by atoms with Gasteiger partial charge in [-0.1, -0.05) is 49.7 Å². The molecular formula is C25H37N5O. The van der Waals surface area contributed by atoms with Crippen LogP contribution in [0.25, 0.3) is 0 Å². The molecule has 0 saturated carbocycles. The minimum Gasteiger partial charge on any atom is -0.368 e. The van der Waals surface area contributed by atoms with E-state index in [2.05, 4.69) is 56.0 Å². The predicted molar refractivity (Wildman–Crippen MR) is 129 cm³/mol. The lowest BCUT2D eigenvalue weighted by molar-refractivity contribution is -0.132. The van der Waals surface area contributed by atoms with Crippen LogP contribution in [0.2, 0.25) is 0 Å². The highest BCUT2D eigenvalue weighted by molar-refractivity contribution is 5.79. The van der Waals surface area contributed by atoms with Crippen LogP contribution in [0.4, 0.5) is 11.4 Å². The second kappa shape index (κ2) is 10.6. The number of aryl methyl sites for hydroxylation is 1. The molecular weight excluding hydrogens is 386 g/mol. The molecule has 168 valence electrons. The van der Waals surface area contributed by atoms with Gasteiger partial charge < -0.3 is 20.5 Å². The van der Waals surface area contributed by atoms with Gasteiger partial charge in [0.1, 0.15) is 0 Å². The van der Waals surface area contributed by atoms with Crippen LogP contribution in [0.1, 0.15) is 38.3 Å². The van der Waals surface area contributed by atoms with Crippen molar-refractivity contribution in [3.63, 3.8) is 0 Å². The van der Waals surface area contributed by atoms with E-state index in [0.29, 0.717) is 6.54 Å². The lowest BCUT2D eigenvalue weighted by Gasteiger charge is -2.43. The molecule has 6 nitrogen and oxygen atoms in total. The molecule has 1 aliphatic rings. The summed E-state index contributed by atoms with van der Waals surface area (Å²) in [6, 6.07) is 17.3. The van der Waals surface area contributed by atoms with Crippen LogP contribution in [0, 0.1) is 0 Å². The number of hydrazine groups is 1. The highest BCUT2D eigenvalue weighted by Crippen LogP contribution is 2.30. The Hall–Kier alpha value is -2.57. The molecule has 2 aromatic carbocycles. The fourth-order valence-electron chi connectivity index (χ4n) is 4.34. The molecule has 1 fully saturated rings. The van der Waals surface area contributed by atoms with Crippen LogP contribution < -0.4 is 21.5 Å². The van der Waals surface area contributed by atoms with Crippen molar-refractivity contribution in [2.45, 2.75) is 52.1 Å². The van der Waals surface area contributed by atoms with Crippen molar-refractivity contribution in [3.05, 3.63) is 59.7 Å². The van der Waals surface area contributed by atoms with Crippen LogP contribution >= 0.6 is 0 Å². The summed E-state index contributed by atoms with van der Waals surface area (Å²) in [6.45, 7) is 8.70. The number of benzene rings is 2. The molecule has 1 unspecified atom stereocenters. The summed E-state index contributed by atoms with van der Waals surface area (Å²) in [6.07, 6.45) is 2.90. The molecule has 1 aliphatic heterocycles. The van der Waals surface area contributed by atoms with Crippen molar-refractivity contribution < 1.29 is 4.79 Å². The quantitative estimate of drug-likeness (QED) is 0.504. The first-order valence-corrected chi connectivity index (χ1v) is 11.4. The van der Waals surface area contributed by atoms with Gasteiger partial charge in [0.25, 0.3) is 0 Å². The molecule has 0 aromatic heterocycles. The Morgan fingerprint density at radius 3 is 2.55 bits per heavy atom. The number of amides is 1. The van der Waals surface area contributed by atoms with Crippen molar-refractivity contribution in [2.75, 3.05) is 36.1 Å². The van der Waals surface area contributed by atoms with Gasteiger partial charge in [0, 0.05) is 31.4 Å². The van der Waals surface area contributed by atoms with Crippen molar-refractivity contribution in [1.29, 1.82) is 0 Å². The largest absolute Gasteiger partial charge is 0.368 e. The summed E-state index contributed by atoms with van der Waals surface area (Å²) in [7, 11) is 0. The Morgan fingerprint density at radius 1 is 1.16 bits per heavy atom. The van der Waals surface area contributed by atoms with Gasteiger partial charge in [-0.05, 0) is 49.9 Å². The van der Waals surface area contributed by atoms with Crippen LogP contribution in [0.5, 0.6) is 0 Å². The van der Waals surface area contributed by atoms with Crippen LogP contribution in [0.3, 0.4) is 0 Å². The zero-order valence-corrected chi connectivity index (χ0v) is 19.1. The molecule has 0 radical (unpaired) electrons. The molecule has 2 aromatic rings. The van der Waals surface area contributed by atoms with E-state index < -0.39 is 0 Å². The molecule has 3 rings (SSSR count). The maximum Gasteiger partial charge on any atom is 0.236 e. The molecule has 1 amide bonds. The van der Waals surface area contributed by atoms with Gasteiger partial charge in [-0.2, -0.15) is 0 Å². The molecule has 0 spiro atoms. The number of hydrogen-bond acceptors (Lipinski definition) is 5. The first kappa shape index (κ1) is 23.1. The molecule has 0 aliphatic carbocycles. The first-order chi connectivity index (χ1) is 14.9.